The predicted molar refractivity (Wildman–Crippen MR) is 156 cm³/mol. The molecule has 0 N–H and O–H groups in total. The van der Waals surface area contributed by atoms with Crippen LogP contribution in [0, 0.1) is 18.6 Å². The summed E-state index contributed by atoms with van der Waals surface area (Å²) in [6, 6.07) is 4.39. The molecule has 3 aromatic heterocycles. The van der Waals surface area contributed by atoms with Gasteiger partial charge in [0.2, 0.25) is 5.91 Å². The second-order valence-corrected chi connectivity index (χ2v) is 11.0. The van der Waals surface area contributed by atoms with Gasteiger partial charge in [-0.25, -0.2) is 23.1 Å². The summed E-state index contributed by atoms with van der Waals surface area (Å²) in [6.45, 7) is 10.4. The van der Waals surface area contributed by atoms with E-state index >= 15 is 4.39 Å². The number of benzene rings is 1. The standard InChI is InChI=1S/C30H27ClF2N6O3/c1-5-21(40)37-10-11-38-18(13-37)14-42-27-22-28(38)36-30(41)39(26-16(4)8-9-34-24(26)15(2)3)29(22)35-25(23(27)31)19-12-17(32)6-7-20(19)33/h5-9,12,15,18H,1,10-11,13-14H2,2-4H3/t18-/m1/s1. The van der Waals surface area contributed by atoms with E-state index in [1.54, 1.807) is 17.2 Å². The largest absolute Gasteiger partial charge is 0.489 e. The van der Waals surface area contributed by atoms with Crippen LogP contribution in [-0.2, 0) is 4.79 Å². The molecule has 1 fully saturated rings. The number of rotatable bonds is 4. The van der Waals surface area contributed by atoms with Gasteiger partial charge >= 0.3 is 5.69 Å². The maximum Gasteiger partial charge on any atom is 0.355 e. The Kier molecular flexibility index (Phi) is 6.92. The second-order valence-electron chi connectivity index (χ2n) is 10.6. The van der Waals surface area contributed by atoms with Crippen LogP contribution in [0.2, 0.25) is 5.02 Å². The van der Waals surface area contributed by atoms with Crippen molar-refractivity contribution in [1.82, 2.24) is 24.4 Å². The number of hydrogen-bond acceptors (Lipinski definition) is 7. The average Bonchev–Trinajstić information content (AvgIpc) is 3.13. The summed E-state index contributed by atoms with van der Waals surface area (Å²) in [7, 11) is 0. The average molecular weight is 593 g/mol. The summed E-state index contributed by atoms with van der Waals surface area (Å²) in [5.41, 5.74) is 1.08. The third kappa shape index (κ3) is 4.39. The fraction of sp³-hybridized carbons (Fsp3) is 0.300. The first-order valence-electron chi connectivity index (χ1n) is 13.5. The van der Waals surface area contributed by atoms with Gasteiger partial charge in [0, 0.05) is 31.4 Å². The maximum absolute atomic E-state index is 15.1. The fourth-order valence-electron chi connectivity index (χ4n) is 5.65. The van der Waals surface area contributed by atoms with Crippen LogP contribution in [0.15, 0.2) is 47.9 Å². The topological polar surface area (TPSA) is 93.5 Å². The van der Waals surface area contributed by atoms with Crippen molar-refractivity contribution < 1.29 is 18.3 Å². The van der Waals surface area contributed by atoms with Crippen LogP contribution in [-0.4, -0.2) is 62.6 Å². The molecule has 4 aromatic rings. The van der Waals surface area contributed by atoms with E-state index in [4.69, 9.17) is 21.3 Å². The van der Waals surface area contributed by atoms with Crippen LogP contribution in [0.5, 0.6) is 5.75 Å². The second kappa shape index (κ2) is 10.5. The monoisotopic (exact) mass is 592 g/mol. The van der Waals surface area contributed by atoms with Crippen LogP contribution in [0.25, 0.3) is 28.0 Å². The van der Waals surface area contributed by atoms with Crippen molar-refractivity contribution in [2.45, 2.75) is 32.7 Å². The summed E-state index contributed by atoms with van der Waals surface area (Å²) < 4.78 is 37.1. The lowest BCUT2D eigenvalue weighted by Gasteiger charge is -2.40. The Labute approximate surface area is 245 Å². The minimum Gasteiger partial charge on any atom is -0.489 e. The Balaban J connectivity index is 1.71. The van der Waals surface area contributed by atoms with Crippen molar-refractivity contribution in [2.75, 3.05) is 31.1 Å². The normalized spacial score (nSPS) is 16.3. The molecular weight excluding hydrogens is 566 g/mol. The van der Waals surface area contributed by atoms with E-state index in [9.17, 15) is 14.0 Å². The van der Waals surface area contributed by atoms with Crippen molar-refractivity contribution in [1.29, 1.82) is 0 Å². The number of halogens is 3. The van der Waals surface area contributed by atoms with Gasteiger partial charge in [-0.3, -0.25) is 9.78 Å². The van der Waals surface area contributed by atoms with Gasteiger partial charge in [0.05, 0.1) is 23.1 Å². The number of aromatic nitrogens is 4. The molecule has 5 heterocycles. The zero-order valence-electron chi connectivity index (χ0n) is 23.2. The molecule has 0 unspecified atom stereocenters. The molecule has 0 spiro atoms. The molecule has 9 nitrogen and oxygen atoms in total. The molecule has 12 heteroatoms. The summed E-state index contributed by atoms with van der Waals surface area (Å²) >= 11 is 6.87. The van der Waals surface area contributed by atoms with E-state index in [-0.39, 0.29) is 52.2 Å². The van der Waals surface area contributed by atoms with Gasteiger partial charge in [0.1, 0.15) is 34.5 Å². The zero-order chi connectivity index (χ0) is 29.9. The number of pyridine rings is 2. The van der Waals surface area contributed by atoms with Gasteiger partial charge in [-0.1, -0.05) is 32.0 Å². The third-order valence-corrected chi connectivity index (χ3v) is 8.02. The van der Waals surface area contributed by atoms with Crippen LogP contribution >= 0.6 is 11.6 Å². The smallest absolute Gasteiger partial charge is 0.355 e. The molecule has 216 valence electrons. The highest BCUT2D eigenvalue weighted by Gasteiger charge is 2.37. The summed E-state index contributed by atoms with van der Waals surface area (Å²) in [6.07, 6.45) is 2.92. The Morgan fingerprint density at radius 2 is 2.00 bits per heavy atom. The highest BCUT2D eigenvalue weighted by Crippen LogP contribution is 2.45. The molecule has 2 aliphatic rings. The summed E-state index contributed by atoms with van der Waals surface area (Å²) in [4.78, 5) is 43.8. The SMILES string of the molecule is C=CC(=O)N1CCN2c3nc(=O)n(-c4c(C)ccnc4C(C)C)c4nc(-c5cc(F)ccc5F)c(Cl)c(c34)OC[C@H]2C1. The quantitative estimate of drug-likeness (QED) is 0.314. The number of amides is 1. The van der Waals surface area contributed by atoms with E-state index in [0.717, 1.165) is 23.8 Å². The van der Waals surface area contributed by atoms with Gasteiger partial charge in [-0.05, 0) is 48.7 Å². The van der Waals surface area contributed by atoms with Gasteiger partial charge in [-0.2, -0.15) is 4.98 Å². The van der Waals surface area contributed by atoms with Crippen molar-refractivity contribution in [3.63, 3.8) is 0 Å². The maximum atomic E-state index is 15.1. The number of hydrogen-bond donors (Lipinski definition) is 0. The highest BCUT2D eigenvalue weighted by atomic mass is 35.5. The highest BCUT2D eigenvalue weighted by molar-refractivity contribution is 6.36. The first-order chi connectivity index (χ1) is 20.1. The molecule has 1 atom stereocenters. The zero-order valence-corrected chi connectivity index (χ0v) is 24.0. The molecule has 0 aliphatic carbocycles. The van der Waals surface area contributed by atoms with E-state index in [2.05, 4.69) is 16.5 Å². The van der Waals surface area contributed by atoms with Crippen LogP contribution in [0.3, 0.4) is 0 Å². The third-order valence-electron chi connectivity index (χ3n) is 7.67. The van der Waals surface area contributed by atoms with Gasteiger partial charge in [0.25, 0.3) is 0 Å². The molecule has 0 radical (unpaired) electrons. The molecule has 1 saturated heterocycles. The lowest BCUT2D eigenvalue weighted by molar-refractivity contribution is -0.126. The minimum atomic E-state index is -0.745. The number of piperazine rings is 1. The number of nitrogens with zero attached hydrogens (tertiary/aromatic N) is 6. The molecule has 1 aromatic carbocycles. The number of anilines is 1. The van der Waals surface area contributed by atoms with Crippen LogP contribution < -0.4 is 15.3 Å². The Morgan fingerprint density at radius 1 is 1.21 bits per heavy atom. The number of carbonyl (C=O) groups excluding carboxylic acids is 1. The first kappa shape index (κ1) is 27.8. The van der Waals surface area contributed by atoms with Crippen LogP contribution in [0.1, 0.15) is 31.0 Å². The number of ether oxygens (including phenoxy) is 1. The predicted octanol–water partition coefficient (Wildman–Crippen LogP) is 4.80. The van der Waals surface area contributed by atoms with E-state index in [0.29, 0.717) is 42.2 Å². The first-order valence-corrected chi connectivity index (χ1v) is 13.9. The lowest BCUT2D eigenvalue weighted by atomic mass is 10.0. The van der Waals surface area contributed by atoms with E-state index in [1.165, 1.54) is 10.6 Å². The van der Waals surface area contributed by atoms with Crippen molar-refractivity contribution in [3.05, 3.63) is 81.5 Å². The molecule has 2 aliphatic heterocycles. The minimum absolute atomic E-state index is 0.0499. The number of fused-ring (bicyclic) bond motifs is 2. The number of aryl methyl sites for hydroxylation is 1. The van der Waals surface area contributed by atoms with Crippen LogP contribution in [0.4, 0.5) is 14.6 Å². The Morgan fingerprint density at radius 3 is 2.74 bits per heavy atom. The fourth-order valence-corrected chi connectivity index (χ4v) is 5.95. The molecule has 42 heavy (non-hydrogen) atoms. The Bertz CT molecular complexity index is 1840. The van der Waals surface area contributed by atoms with E-state index in [1.807, 2.05) is 25.7 Å². The van der Waals surface area contributed by atoms with Gasteiger partial charge < -0.3 is 14.5 Å². The molecular formula is C30H27ClF2N6O3. The Hall–Kier alpha value is -4.38. The van der Waals surface area contributed by atoms with Crippen molar-refractivity contribution >= 4 is 34.4 Å². The summed E-state index contributed by atoms with van der Waals surface area (Å²) in [5.74, 6) is -1.28. The summed E-state index contributed by atoms with van der Waals surface area (Å²) in [5, 5.41) is 0.301. The molecule has 1 amide bonds. The van der Waals surface area contributed by atoms with Crippen molar-refractivity contribution in [3.8, 4) is 22.7 Å². The molecule has 6 rings (SSSR count). The van der Waals surface area contributed by atoms with E-state index < -0.39 is 17.3 Å². The van der Waals surface area contributed by atoms with Gasteiger partial charge in [0.15, 0.2) is 11.4 Å². The lowest BCUT2D eigenvalue weighted by Crippen LogP contribution is -2.56. The molecule has 0 saturated carbocycles. The van der Waals surface area contributed by atoms with Gasteiger partial charge in [-0.15, -0.1) is 0 Å². The number of carbonyl (C=O) groups is 1. The molecule has 0 bridgehead atoms. The van der Waals surface area contributed by atoms with Crippen molar-refractivity contribution in [2.24, 2.45) is 0 Å².